The Morgan fingerprint density at radius 3 is 2.40 bits per heavy atom. The maximum atomic E-state index is 11.9. The van der Waals surface area contributed by atoms with Crippen LogP contribution in [0.2, 0.25) is 0 Å². The van der Waals surface area contributed by atoms with E-state index in [-0.39, 0.29) is 6.09 Å². The van der Waals surface area contributed by atoms with E-state index in [1.54, 1.807) is 0 Å². The summed E-state index contributed by atoms with van der Waals surface area (Å²) < 4.78 is 5.38. The van der Waals surface area contributed by atoms with Crippen molar-refractivity contribution in [1.82, 2.24) is 4.90 Å². The summed E-state index contributed by atoms with van der Waals surface area (Å²) in [5.74, 6) is 0.591. The number of likely N-dealkylation sites (tertiary alicyclic amines) is 1. The molecule has 1 rings (SSSR count). The van der Waals surface area contributed by atoms with E-state index in [0.29, 0.717) is 12.0 Å². The highest BCUT2D eigenvalue weighted by atomic mass is 16.6. The number of hydrogen-bond acceptors (Lipinski definition) is 2. The van der Waals surface area contributed by atoms with Crippen LogP contribution in [0.1, 0.15) is 47.5 Å². The molecule has 0 aromatic carbocycles. The van der Waals surface area contributed by atoms with Crippen LogP contribution in [0.5, 0.6) is 0 Å². The maximum Gasteiger partial charge on any atom is 0.410 e. The Bertz CT molecular complexity index is 232. The second-order valence-electron chi connectivity index (χ2n) is 5.66. The molecule has 3 heteroatoms. The lowest BCUT2D eigenvalue weighted by Crippen LogP contribution is -2.47. The molecule has 0 aromatic rings. The van der Waals surface area contributed by atoms with E-state index in [2.05, 4.69) is 13.8 Å². The number of ether oxygens (including phenoxy) is 1. The average Bonchev–Trinajstić information content (AvgIpc) is 2.06. The van der Waals surface area contributed by atoms with Gasteiger partial charge in [0.1, 0.15) is 5.60 Å². The number of hydrogen-bond donors (Lipinski definition) is 0. The van der Waals surface area contributed by atoms with Gasteiger partial charge < -0.3 is 9.64 Å². The highest BCUT2D eigenvalue weighted by Crippen LogP contribution is 2.23. The Hall–Kier alpha value is -0.730. The number of carbonyl (C=O) groups is 1. The number of piperidine rings is 1. The molecule has 0 spiro atoms. The van der Waals surface area contributed by atoms with Gasteiger partial charge >= 0.3 is 6.09 Å². The minimum atomic E-state index is -0.391. The summed E-state index contributed by atoms with van der Waals surface area (Å²) in [4.78, 5) is 13.7. The second-order valence-corrected chi connectivity index (χ2v) is 5.66. The summed E-state index contributed by atoms with van der Waals surface area (Å²) in [6, 6.07) is 0.316. The Labute approximate surface area is 92.8 Å². The average molecular weight is 213 g/mol. The van der Waals surface area contributed by atoms with E-state index in [1.807, 2.05) is 25.7 Å². The second kappa shape index (κ2) is 4.42. The molecule has 0 bridgehead atoms. The van der Waals surface area contributed by atoms with Crippen LogP contribution in [0.3, 0.4) is 0 Å². The van der Waals surface area contributed by atoms with Crippen molar-refractivity contribution in [2.45, 2.75) is 59.1 Å². The number of carbonyl (C=O) groups excluding carboxylic acids is 1. The number of nitrogens with zero attached hydrogens (tertiary/aromatic N) is 1. The summed E-state index contributed by atoms with van der Waals surface area (Å²) >= 11 is 0. The van der Waals surface area contributed by atoms with Gasteiger partial charge in [0, 0.05) is 12.6 Å². The summed E-state index contributed by atoms with van der Waals surface area (Å²) in [6.07, 6.45) is 2.13. The van der Waals surface area contributed by atoms with E-state index in [0.717, 1.165) is 13.0 Å². The summed E-state index contributed by atoms with van der Waals surface area (Å²) in [7, 11) is 0. The topological polar surface area (TPSA) is 29.5 Å². The predicted octanol–water partition coefficient (Wildman–Crippen LogP) is 3.04. The molecule has 0 aromatic heterocycles. The van der Waals surface area contributed by atoms with Crippen LogP contribution in [-0.4, -0.2) is 29.2 Å². The minimum absolute atomic E-state index is 0.165. The van der Waals surface area contributed by atoms with E-state index in [9.17, 15) is 4.79 Å². The fourth-order valence-corrected chi connectivity index (χ4v) is 1.86. The zero-order chi connectivity index (χ0) is 11.6. The first-order chi connectivity index (χ1) is 6.79. The van der Waals surface area contributed by atoms with Crippen molar-refractivity contribution >= 4 is 6.09 Å². The lowest BCUT2D eigenvalue weighted by molar-refractivity contribution is 0.00654. The first-order valence-corrected chi connectivity index (χ1v) is 5.79. The maximum absolute atomic E-state index is 11.9. The summed E-state index contributed by atoms with van der Waals surface area (Å²) in [6.45, 7) is 10.8. The molecule has 1 amide bonds. The van der Waals surface area contributed by atoms with Gasteiger partial charge in [0.15, 0.2) is 0 Å². The van der Waals surface area contributed by atoms with Gasteiger partial charge in [-0.15, -0.1) is 0 Å². The molecule has 0 unspecified atom stereocenters. The van der Waals surface area contributed by atoms with E-state index >= 15 is 0 Å². The first-order valence-electron chi connectivity index (χ1n) is 5.79. The molecule has 1 aliphatic rings. The SMILES string of the molecule is C[C@H]1CC[C@@H](C)N(C(=O)OC(C)(C)C)C1. The molecule has 1 aliphatic heterocycles. The Balaban J connectivity index is 2.57. The van der Waals surface area contributed by atoms with Crippen molar-refractivity contribution in [3.05, 3.63) is 0 Å². The third kappa shape index (κ3) is 3.73. The van der Waals surface area contributed by atoms with Gasteiger partial charge in [-0.1, -0.05) is 6.92 Å². The van der Waals surface area contributed by atoms with Crippen molar-refractivity contribution in [3.8, 4) is 0 Å². The van der Waals surface area contributed by atoms with Crippen LogP contribution >= 0.6 is 0 Å². The van der Waals surface area contributed by atoms with Gasteiger partial charge in [0.2, 0.25) is 0 Å². The molecule has 0 aliphatic carbocycles. The Morgan fingerprint density at radius 1 is 1.27 bits per heavy atom. The Kier molecular flexibility index (Phi) is 3.63. The quantitative estimate of drug-likeness (QED) is 0.619. The van der Waals surface area contributed by atoms with E-state index in [4.69, 9.17) is 4.74 Å². The van der Waals surface area contributed by atoms with Crippen LogP contribution in [0.15, 0.2) is 0 Å². The minimum Gasteiger partial charge on any atom is -0.444 e. The highest BCUT2D eigenvalue weighted by Gasteiger charge is 2.30. The van der Waals surface area contributed by atoms with E-state index < -0.39 is 5.60 Å². The molecule has 0 radical (unpaired) electrons. The van der Waals surface area contributed by atoms with Crippen LogP contribution in [0, 0.1) is 5.92 Å². The molecule has 88 valence electrons. The fraction of sp³-hybridized carbons (Fsp3) is 0.917. The molecule has 15 heavy (non-hydrogen) atoms. The molecule has 1 fully saturated rings. The van der Waals surface area contributed by atoms with Crippen LogP contribution in [0.25, 0.3) is 0 Å². The molecular formula is C12H23NO2. The molecule has 1 heterocycles. The predicted molar refractivity (Wildman–Crippen MR) is 60.8 cm³/mol. The van der Waals surface area contributed by atoms with Gasteiger partial charge in [-0.25, -0.2) is 4.79 Å². The van der Waals surface area contributed by atoms with Gasteiger partial charge in [-0.05, 0) is 46.5 Å². The van der Waals surface area contributed by atoms with Crippen molar-refractivity contribution in [2.75, 3.05) is 6.54 Å². The van der Waals surface area contributed by atoms with Gasteiger partial charge in [-0.2, -0.15) is 0 Å². The van der Waals surface area contributed by atoms with Gasteiger partial charge in [-0.3, -0.25) is 0 Å². The molecule has 1 saturated heterocycles. The third-order valence-electron chi connectivity index (χ3n) is 2.75. The van der Waals surface area contributed by atoms with Crippen LogP contribution in [0.4, 0.5) is 4.79 Å². The molecule has 2 atom stereocenters. The first kappa shape index (κ1) is 12.3. The Morgan fingerprint density at radius 2 is 1.87 bits per heavy atom. The van der Waals surface area contributed by atoms with E-state index in [1.165, 1.54) is 6.42 Å². The summed E-state index contributed by atoms with van der Waals surface area (Å²) in [5, 5.41) is 0. The zero-order valence-electron chi connectivity index (χ0n) is 10.5. The third-order valence-corrected chi connectivity index (χ3v) is 2.75. The largest absolute Gasteiger partial charge is 0.444 e. The highest BCUT2D eigenvalue weighted by molar-refractivity contribution is 5.68. The smallest absolute Gasteiger partial charge is 0.410 e. The van der Waals surface area contributed by atoms with Gasteiger partial charge in [0.05, 0.1) is 0 Å². The lowest BCUT2D eigenvalue weighted by Gasteiger charge is -2.37. The molecular weight excluding hydrogens is 190 g/mol. The lowest BCUT2D eigenvalue weighted by atomic mass is 9.95. The van der Waals surface area contributed by atoms with Crippen molar-refractivity contribution < 1.29 is 9.53 Å². The molecule has 0 saturated carbocycles. The van der Waals surface area contributed by atoms with Crippen molar-refractivity contribution in [3.63, 3.8) is 0 Å². The normalized spacial score (nSPS) is 27.7. The zero-order valence-corrected chi connectivity index (χ0v) is 10.5. The van der Waals surface area contributed by atoms with Crippen molar-refractivity contribution in [1.29, 1.82) is 0 Å². The fourth-order valence-electron chi connectivity index (χ4n) is 1.86. The summed E-state index contributed by atoms with van der Waals surface area (Å²) in [5.41, 5.74) is -0.391. The standard InChI is InChI=1S/C12H23NO2/c1-9-6-7-10(2)13(8-9)11(14)15-12(3,4)5/h9-10H,6-8H2,1-5H3/t9-,10+/m0/s1. The monoisotopic (exact) mass is 213 g/mol. The number of rotatable bonds is 0. The molecule has 3 nitrogen and oxygen atoms in total. The van der Waals surface area contributed by atoms with Gasteiger partial charge in [0.25, 0.3) is 0 Å². The molecule has 0 N–H and O–H groups in total. The van der Waals surface area contributed by atoms with Crippen LogP contribution < -0.4 is 0 Å². The number of amides is 1. The van der Waals surface area contributed by atoms with Crippen molar-refractivity contribution in [2.24, 2.45) is 5.92 Å². The van der Waals surface area contributed by atoms with Crippen LogP contribution in [-0.2, 0) is 4.74 Å².